The van der Waals surface area contributed by atoms with Crippen molar-refractivity contribution in [3.05, 3.63) is 170 Å². The van der Waals surface area contributed by atoms with Crippen LogP contribution in [-0.2, 0) is 20.1 Å². The van der Waals surface area contributed by atoms with Gasteiger partial charge in [-0.25, -0.2) is 0 Å². The Balaban J connectivity index is 0.000000199. The number of nitrogens with zero attached hydrogens (tertiary/aromatic N) is 3. The predicted octanol–water partition coefficient (Wildman–Crippen LogP) is 12.3. The summed E-state index contributed by atoms with van der Waals surface area (Å²) in [7, 11) is -1.23. The molecule has 6 heteroatoms. The molecule has 0 N–H and O–H groups in total. The fourth-order valence-electron chi connectivity index (χ4n) is 6.98. The summed E-state index contributed by atoms with van der Waals surface area (Å²) in [6.07, 6.45) is 2.02. The summed E-state index contributed by atoms with van der Waals surface area (Å²) in [5, 5.41) is 8.76. The van der Waals surface area contributed by atoms with Crippen molar-refractivity contribution < 1.29 is 20.1 Å². The van der Waals surface area contributed by atoms with E-state index in [-0.39, 0.29) is 20.1 Å². The van der Waals surface area contributed by atoms with Crippen LogP contribution in [0.25, 0.3) is 81.1 Å². The van der Waals surface area contributed by atoms with Crippen molar-refractivity contribution in [3.63, 3.8) is 0 Å². The van der Waals surface area contributed by atoms with Crippen molar-refractivity contribution in [2.75, 3.05) is 0 Å². The topological polar surface area (TPSA) is 30.7 Å². The van der Waals surface area contributed by atoms with Gasteiger partial charge in [0.05, 0.1) is 24.9 Å². The van der Waals surface area contributed by atoms with E-state index in [0.29, 0.717) is 0 Å². The summed E-state index contributed by atoms with van der Waals surface area (Å²) in [6.45, 7) is 7.00. The van der Waals surface area contributed by atoms with Gasteiger partial charge in [0.25, 0.3) is 0 Å². The van der Waals surface area contributed by atoms with E-state index in [2.05, 4.69) is 163 Å². The Morgan fingerprint density at radius 3 is 2.09 bits per heavy atom. The van der Waals surface area contributed by atoms with Crippen molar-refractivity contribution in [2.24, 2.45) is 0 Å². The van der Waals surface area contributed by atoms with E-state index in [1.165, 1.54) is 46.9 Å². The molecule has 53 heavy (non-hydrogen) atoms. The minimum absolute atomic E-state index is 0. The van der Waals surface area contributed by atoms with Crippen LogP contribution in [0.2, 0.25) is 19.6 Å². The average Bonchev–Trinajstić information content (AvgIpc) is 3.75. The molecule has 1 radical (unpaired) electrons. The number of hydrogen-bond acceptors (Lipinski definition) is 3. The first-order valence-corrected chi connectivity index (χ1v) is 21.9. The van der Waals surface area contributed by atoms with Gasteiger partial charge < -0.3 is 9.55 Å². The SMILES string of the molecule is C[Si](C)(C)c1ccc(-c2[c-]cccc2)nc1.[Ir].[c-]1ccc2c(sc3ccccc32)c1-c1nc2cc3ccccc3cc2n1-c1cccc2ccccc12. The van der Waals surface area contributed by atoms with Gasteiger partial charge in [0.1, 0.15) is 0 Å². The molecule has 0 atom stereocenters. The Bertz CT molecular complexity index is 2880. The van der Waals surface area contributed by atoms with E-state index in [0.717, 1.165) is 39.4 Å². The third kappa shape index (κ3) is 6.53. The van der Waals surface area contributed by atoms with Crippen molar-refractivity contribution in [1.82, 2.24) is 14.5 Å². The molecule has 3 heterocycles. The molecule has 0 aliphatic heterocycles. The summed E-state index contributed by atoms with van der Waals surface area (Å²) in [5.41, 5.74) is 6.33. The number of benzene rings is 7. The number of aromatic nitrogens is 3. The van der Waals surface area contributed by atoms with Crippen molar-refractivity contribution in [2.45, 2.75) is 19.6 Å². The molecule has 10 rings (SSSR count). The van der Waals surface area contributed by atoms with Crippen molar-refractivity contribution in [1.29, 1.82) is 0 Å². The van der Waals surface area contributed by atoms with Gasteiger partial charge in [0.2, 0.25) is 0 Å². The number of fused-ring (bicyclic) bond motifs is 6. The molecule has 0 aliphatic carbocycles. The van der Waals surface area contributed by atoms with Crippen molar-refractivity contribution in [3.8, 4) is 28.3 Å². The Morgan fingerprint density at radius 2 is 1.34 bits per heavy atom. The smallest absolute Gasteiger partial charge is 0.0795 e. The van der Waals surface area contributed by atoms with Crippen LogP contribution >= 0.6 is 11.3 Å². The van der Waals surface area contributed by atoms with E-state index in [1.54, 1.807) is 0 Å². The fraction of sp³-hybridized carbons (Fsp3) is 0.0638. The van der Waals surface area contributed by atoms with Gasteiger partial charge in [-0.3, -0.25) is 4.98 Å². The van der Waals surface area contributed by atoms with E-state index < -0.39 is 8.07 Å². The Morgan fingerprint density at radius 1 is 0.623 bits per heavy atom. The zero-order chi connectivity index (χ0) is 35.2. The molecule has 3 aromatic heterocycles. The Labute approximate surface area is 328 Å². The number of hydrogen-bond donors (Lipinski definition) is 0. The van der Waals surface area contributed by atoms with Gasteiger partial charge in [0, 0.05) is 42.1 Å². The first kappa shape index (κ1) is 34.8. The van der Waals surface area contributed by atoms with Gasteiger partial charge in [-0.2, -0.15) is 11.3 Å². The molecule has 0 saturated carbocycles. The van der Waals surface area contributed by atoms with E-state index >= 15 is 0 Å². The molecule has 0 fully saturated rings. The minimum atomic E-state index is -1.23. The second kappa shape index (κ2) is 14.3. The monoisotopic (exact) mass is 894 g/mol. The van der Waals surface area contributed by atoms with Gasteiger partial charge in [-0.15, -0.1) is 54.1 Å². The third-order valence-corrected chi connectivity index (χ3v) is 12.9. The fourth-order valence-corrected chi connectivity index (χ4v) is 9.21. The molecule has 0 spiro atoms. The largest absolute Gasteiger partial charge is 0.333 e. The summed E-state index contributed by atoms with van der Waals surface area (Å²) in [5.74, 6) is 0.925. The molecule has 0 amide bonds. The van der Waals surface area contributed by atoms with Gasteiger partial charge in [-0.05, 0) is 61.4 Å². The zero-order valence-corrected chi connectivity index (χ0v) is 33.8. The van der Waals surface area contributed by atoms with Crippen LogP contribution in [0.1, 0.15) is 0 Å². The molecule has 259 valence electrons. The molecule has 3 nitrogen and oxygen atoms in total. The van der Waals surface area contributed by atoms with Crippen LogP contribution in [0, 0.1) is 12.1 Å². The molecule has 10 aromatic rings. The van der Waals surface area contributed by atoms with Crippen LogP contribution < -0.4 is 5.19 Å². The second-order valence-corrected chi connectivity index (χ2v) is 20.2. The van der Waals surface area contributed by atoms with E-state index in [9.17, 15) is 0 Å². The summed E-state index contributed by atoms with van der Waals surface area (Å²) >= 11 is 1.82. The predicted molar refractivity (Wildman–Crippen MR) is 225 cm³/mol. The molecule has 0 bridgehead atoms. The summed E-state index contributed by atoms with van der Waals surface area (Å²) < 4.78 is 4.84. The number of thiophene rings is 1. The summed E-state index contributed by atoms with van der Waals surface area (Å²) in [6, 6.07) is 59.9. The number of imidazole rings is 1. The van der Waals surface area contributed by atoms with E-state index in [1.807, 2.05) is 47.9 Å². The molecular formula is C47H35IrN3SSi-2. The maximum absolute atomic E-state index is 5.27. The van der Waals surface area contributed by atoms with Gasteiger partial charge >= 0.3 is 0 Å². The second-order valence-electron chi connectivity index (χ2n) is 14.1. The third-order valence-electron chi connectivity index (χ3n) is 9.71. The quantitative estimate of drug-likeness (QED) is 0.130. The number of pyridine rings is 1. The minimum Gasteiger partial charge on any atom is -0.333 e. The normalized spacial score (nSPS) is 11.5. The first-order chi connectivity index (χ1) is 25.4. The molecule has 0 saturated heterocycles. The maximum Gasteiger partial charge on any atom is 0.0795 e. The van der Waals surface area contributed by atoms with Gasteiger partial charge in [0.15, 0.2) is 0 Å². The molecule has 7 aromatic carbocycles. The van der Waals surface area contributed by atoms with Crippen LogP contribution in [0.3, 0.4) is 0 Å². The number of rotatable bonds is 4. The standard InChI is InChI=1S/C33H19N2S.C14H16NSi.Ir/c1-2-11-23-20-30-28(19-22(23)10-1)34-33(35(30)29-17-7-12-21-9-3-4-13-24(21)29)27-16-8-15-26-25-14-5-6-18-31(25)36-32(26)27;1-16(2,3)13-9-10-14(15-11-13)12-7-5-4-6-8-12;/h1-15,17-20H;4-7,9-11H,1-3H3;/q2*-1;. The van der Waals surface area contributed by atoms with Gasteiger partial charge in [-0.1, -0.05) is 122 Å². The van der Waals surface area contributed by atoms with Crippen LogP contribution in [0.15, 0.2) is 158 Å². The summed E-state index contributed by atoms with van der Waals surface area (Å²) in [4.78, 5) is 9.79. The Hall–Kier alpha value is -5.23. The van der Waals surface area contributed by atoms with Crippen molar-refractivity contribution >= 4 is 77.3 Å². The maximum atomic E-state index is 5.27. The van der Waals surface area contributed by atoms with Crippen LogP contribution in [0.5, 0.6) is 0 Å². The zero-order valence-electron chi connectivity index (χ0n) is 29.6. The van der Waals surface area contributed by atoms with Crippen LogP contribution in [0.4, 0.5) is 0 Å². The molecular weight excluding hydrogens is 859 g/mol. The van der Waals surface area contributed by atoms with E-state index in [4.69, 9.17) is 4.98 Å². The molecule has 0 unspecified atom stereocenters. The average molecular weight is 894 g/mol. The Kier molecular flexibility index (Phi) is 9.40. The van der Waals surface area contributed by atoms with Crippen LogP contribution in [-0.4, -0.2) is 22.6 Å². The molecule has 0 aliphatic rings. The first-order valence-electron chi connectivity index (χ1n) is 17.6.